The summed E-state index contributed by atoms with van der Waals surface area (Å²) in [5, 5.41) is 3.59. The van der Waals surface area contributed by atoms with Crippen LogP contribution in [-0.2, 0) is 6.54 Å². The van der Waals surface area contributed by atoms with Crippen LogP contribution in [0.1, 0.15) is 29.0 Å². The summed E-state index contributed by atoms with van der Waals surface area (Å²) in [5.41, 5.74) is 1.12. The number of nitrogens with zero attached hydrogens (tertiary/aromatic N) is 1. The number of para-hydroxylation sites is 1. The number of rotatable bonds is 4. The highest BCUT2D eigenvalue weighted by molar-refractivity contribution is 5.91. The molecule has 25 heavy (non-hydrogen) atoms. The van der Waals surface area contributed by atoms with E-state index in [0.717, 1.165) is 49.5 Å². The van der Waals surface area contributed by atoms with Gasteiger partial charge in [0.2, 0.25) is 0 Å². The number of ether oxygens (including phenoxy) is 2. The molecule has 2 aromatic rings. The quantitative estimate of drug-likeness (QED) is 0.925. The fourth-order valence-electron chi connectivity index (χ4n) is 3.37. The molecule has 1 aromatic carbocycles. The molecule has 0 spiro atoms. The van der Waals surface area contributed by atoms with Crippen LogP contribution < -0.4 is 14.8 Å². The predicted molar refractivity (Wildman–Crippen MR) is 91.9 cm³/mol. The third-order valence-electron chi connectivity index (χ3n) is 4.74. The summed E-state index contributed by atoms with van der Waals surface area (Å²) in [6.07, 6.45) is 3.39. The van der Waals surface area contributed by atoms with E-state index in [0.29, 0.717) is 25.0 Å². The monoisotopic (exact) mass is 342 g/mol. The lowest BCUT2D eigenvalue weighted by molar-refractivity contribution is 0.0672. The van der Waals surface area contributed by atoms with E-state index in [4.69, 9.17) is 13.9 Å². The molecule has 6 nitrogen and oxygen atoms in total. The molecule has 6 heteroatoms. The van der Waals surface area contributed by atoms with E-state index in [-0.39, 0.29) is 5.91 Å². The highest BCUT2D eigenvalue weighted by atomic mass is 16.6. The average molecular weight is 342 g/mol. The van der Waals surface area contributed by atoms with Gasteiger partial charge in [0.15, 0.2) is 17.3 Å². The number of hydrogen-bond donors (Lipinski definition) is 1. The topological polar surface area (TPSA) is 63.9 Å². The first-order chi connectivity index (χ1) is 12.3. The van der Waals surface area contributed by atoms with Crippen LogP contribution >= 0.6 is 0 Å². The number of carbonyl (C=O) groups is 1. The van der Waals surface area contributed by atoms with Crippen molar-refractivity contribution in [1.29, 1.82) is 0 Å². The fourth-order valence-corrected chi connectivity index (χ4v) is 3.37. The van der Waals surface area contributed by atoms with Crippen LogP contribution in [0.3, 0.4) is 0 Å². The van der Waals surface area contributed by atoms with Crippen LogP contribution in [-0.4, -0.2) is 43.2 Å². The molecular formula is C19H22N2O4. The molecule has 0 bridgehead atoms. The zero-order valence-electron chi connectivity index (χ0n) is 14.1. The molecule has 0 saturated carbocycles. The van der Waals surface area contributed by atoms with Crippen LogP contribution in [0.25, 0.3) is 0 Å². The van der Waals surface area contributed by atoms with E-state index >= 15 is 0 Å². The van der Waals surface area contributed by atoms with Crippen molar-refractivity contribution in [3.63, 3.8) is 0 Å². The lowest BCUT2D eigenvalue weighted by Crippen LogP contribution is -2.44. The number of carbonyl (C=O) groups excluding carboxylic acids is 1. The maximum atomic E-state index is 12.3. The normalized spacial score (nSPS) is 17.5. The standard InChI is InChI=1S/C19H22N2O4/c22-19(17-5-2-10-23-17)21-8-6-15(7-9-21)20-13-14-3-1-4-16-18(14)25-12-11-24-16/h1-5,10,15,20H,6-9,11-13H2. The van der Waals surface area contributed by atoms with Crippen molar-refractivity contribution in [2.45, 2.75) is 25.4 Å². The minimum Gasteiger partial charge on any atom is -0.486 e. The lowest BCUT2D eigenvalue weighted by atomic mass is 10.0. The van der Waals surface area contributed by atoms with E-state index in [2.05, 4.69) is 11.4 Å². The van der Waals surface area contributed by atoms with Gasteiger partial charge in [-0.05, 0) is 31.0 Å². The Bertz CT molecular complexity index is 721. The number of piperidine rings is 1. The molecular weight excluding hydrogens is 320 g/mol. The fraction of sp³-hybridized carbons (Fsp3) is 0.421. The lowest BCUT2D eigenvalue weighted by Gasteiger charge is -2.32. The first kappa shape index (κ1) is 16.0. The van der Waals surface area contributed by atoms with Gasteiger partial charge in [-0.2, -0.15) is 0 Å². The van der Waals surface area contributed by atoms with Crippen LogP contribution in [0.4, 0.5) is 0 Å². The van der Waals surface area contributed by atoms with Crippen molar-refractivity contribution in [1.82, 2.24) is 10.2 Å². The van der Waals surface area contributed by atoms with Crippen molar-refractivity contribution < 1.29 is 18.7 Å². The Morgan fingerprint density at radius 1 is 1.12 bits per heavy atom. The molecule has 2 aliphatic heterocycles. The number of fused-ring (bicyclic) bond motifs is 1. The van der Waals surface area contributed by atoms with Crippen molar-refractivity contribution in [3.05, 3.63) is 47.9 Å². The molecule has 3 heterocycles. The largest absolute Gasteiger partial charge is 0.486 e. The van der Waals surface area contributed by atoms with Gasteiger partial charge in [-0.25, -0.2) is 0 Å². The molecule has 1 aromatic heterocycles. The molecule has 1 fully saturated rings. The molecule has 132 valence electrons. The highest BCUT2D eigenvalue weighted by Gasteiger charge is 2.25. The SMILES string of the molecule is O=C(c1ccco1)N1CCC(NCc2cccc3c2OCCO3)CC1. The number of likely N-dealkylation sites (tertiary alicyclic amines) is 1. The Hall–Kier alpha value is -2.47. The van der Waals surface area contributed by atoms with E-state index in [9.17, 15) is 4.79 Å². The third-order valence-corrected chi connectivity index (χ3v) is 4.74. The molecule has 4 rings (SSSR count). The van der Waals surface area contributed by atoms with Crippen LogP contribution in [0.15, 0.2) is 41.0 Å². The Morgan fingerprint density at radius 2 is 1.96 bits per heavy atom. The smallest absolute Gasteiger partial charge is 0.289 e. The number of benzene rings is 1. The number of nitrogens with one attached hydrogen (secondary N) is 1. The molecule has 0 atom stereocenters. The second-order valence-electron chi connectivity index (χ2n) is 6.37. The van der Waals surface area contributed by atoms with Crippen molar-refractivity contribution in [2.75, 3.05) is 26.3 Å². The third kappa shape index (κ3) is 3.49. The highest BCUT2D eigenvalue weighted by Crippen LogP contribution is 2.33. The molecule has 1 N–H and O–H groups in total. The van der Waals surface area contributed by atoms with Gasteiger partial charge < -0.3 is 24.1 Å². The van der Waals surface area contributed by atoms with Gasteiger partial charge in [-0.1, -0.05) is 12.1 Å². The van der Waals surface area contributed by atoms with Gasteiger partial charge in [-0.3, -0.25) is 4.79 Å². The van der Waals surface area contributed by atoms with E-state index in [1.165, 1.54) is 6.26 Å². The molecule has 0 unspecified atom stereocenters. The Balaban J connectivity index is 1.30. The zero-order valence-corrected chi connectivity index (χ0v) is 14.1. The maximum Gasteiger partial charge on any atom is 0.289 e. The Kier molecular flexibility index (Phi) is 4.61. The van der Waals surface area contributed by atoms with Gasteiger partial charge >= 0.3 is 0 Å². The molecule has 1 saturated heterocycles. The first-order valence-electron chi connectivity index (χ1n) is 8.75. The number of furan rings is 1. The van der Waals surface area contributed by atoms with E-state index in [1.54, 1.807) is 12.1 Å². The second-order valence-corrected chi connectivity index (χ2v) is 6.37. The van der Waals surface area contributed by atoms with Gasteiger partial charge in [0.1, 0.15) is 13.2 Å². The van der Waals surface area contributed by atoms with Gasteiger partial charge in [0.25, 0.3) is 5.91 Å². The van der Waals surface area contributed by atoms with Crippen LogP contribution in [0.5, 0.6) is 11.5 Å². The summed E-state index contributed by atoms with van der Waals surface area (Å²) in [6, 6.07) is 9.85. The van der Waals surface area contributed by atoms with Gasteiger partial charge in [-0.15, -0.1) is 0 Å². The average Bonchev–Trinajstić information content (AvgIpc) is 3.21. The Morgan fingerprint density at radius 3 is 2.76 bits per heavy atom. The summed E-state index contributed by atoms with van der Waals surface area (Å²) in [6.45, 7) is 3.42. The zero-order chi connectivity index (χ0) is 17.1. The maximum absolute atomic E-state index is 12.3. The summed E-state index contributed by atoms with van der Waals surface area (Å²) in [7, 11) is 0. The van der Waals surface area contributed by atoms with E-state index < -0.39 is 0 Å². The summed E-state index contributed by atoms with van der Waals surface area (Å²) in [4.78, 5) is 14.1. The molecule has 1 amide bonds. The van der Waals surface area contributed by atoms with Gasteiger partial charge in [0.05, 0.1) is 6.26 Å². The first-order valence-corrected chi connectivity index (χ1v) is 8.75. The molecule has 0 radical (unpaired) electrons. The van der Waals surface area contributed by atoms with Crippen molar-refractivity contribution in [2.24, 2.45) is 0 Å². The minimum atomic E-state index is -0.0221. The summed E-state index contributed by atoms with van der Waals surface area (Å²) >= 11 is 0. The summed E-state index contributed by atoms with van der Waals surface area (Å²) < 4.78 is 16.6. The number of amides is 1. The molecule has 0 aliphatic carbocycles. The number of hydrogen-bond acceptors (Lipinski definition) is 5. The van der Waals surface area contributed by atoms with Crippen molar-refractivity contribution in [3.8, 4) is 11.5 Å². The summed E-state index contributed by atoms with van der Waals surface area (Å²) in [5.74, 6) is 2.07. The van der Waals surface area contributed by atoms with E-state index in [1.807, 2.05) is 17.0 Å². The van der Waals surface area contributed by atoms with Gasteiger partial charge in [0, 0.05) is 31.2 Å². The predicted octanol–water partition coefficient (Wildman–Crippen LogP) is 2.45. The minimum absolute atomic E-state index is 0.0221. The second kappa shape index (κ2) is 7.19. The van der Waals surface area contributed by atoms with Crippen LogP contribution in [0, 0.1) is 0 Å². The van der Waals surface area contributed by atoms with Crippen LogP contribution in [0.2, 0.25) is 0 Å². The molecule has 2 aliphatic rings. The Labute approximate surface area is 146 Å². The van der Waals surface area contributed by atoms with Crippen molar-refractivity contribution >= 4 is 5.91 Å².